The fraction of sp³-hybridized carbons (Fsp3) is 0.300. The van der Waals surface area contributed by atoms with E-state index in [0.29, 0.717) is 6.54 Å². The number of nitrogens with one attached hydrogen (secondary N) is 1. The Bertz CT molecular complexity index is 602. The van der Waals surface area contributed by atoms with E-state index in [1.54, 1.807) is 24.0 Å². The Morgan fingerprint density at radius 2 is 2.32 bits per heavy atom. The molecule has 19 heavy (non-hydrogen) atoms. The van der Waals surface area contributed by atoms with Gasteiger partial charge in [-0.2, -0.15) is 10.2 Å². The van der Waals surface area contributed by atoms with E-state index in [4.69, 9.17) is 0 Å². The molecule has 0 aliphatic rings. The van der Waals surface area contributed by atoms with Gasteiger partial charge in [0.05, 0.1) is 17.2 Å². The van der Waals surface area contributed by atoms with Crippen LogP contribution >= 0.6 is 0 Å². The molecule has 0 aliphatic carbocycles. The molecule has 0 bridgehead atoms. The number of carbonyl (C=O) groups is 1. The molecule has 0 fully saturated rings. The lowest BCUT2D eigenvalue weighted by atomic mass is 10.4. The number of nitrogens with zero attached hydrogens (tertiary/aromatic N) is 5. The van der Waals surface area contributed by atoms with Gasteiger partial charge in [-0.25, -0.2) is 0 Å². The summed E-state index contributed by atoms with van der Waals surface area (Å²) < 4.78 is 2.87. The lowest BCUT2D eigenvalue weighted by Gasteiger charge is -2.05. The highest BCUT2D eigenvalue weighted by atomic mass is 16.6. The van der Waals surface area contributed by atoms with E-state index < -0.39 is 4.92 Å². The van der Waals surface area contributed by atoms with E-state index in [0.717, 1.165) is 11.9 Å². The molecule has 9 heteroatoms. The highest BCUT2D eigenvalue weighted by Gasteiger charge is 2.11. The van der Waals surface area contributed by atoms with Gasteiger partial charge in [0, 0.05) is 13.2 Å². The molecule has 100 valence electrons. The topological polar surface area (TPSA) is 108 Å². The van der Waals surface area contributed by atoms with Crippen molar-refractivity contribution in [3.8, 4) is 0 Å². The lowest BCUT2D eigenvalue weighted by molar-refractivity contribution is -0.385. The van der Waals surface area contributed by atoms with Crippen molar-refractivity contribution in [3.05, 3.63) is 40.5 Å². The van der Waals surface area contributed by atoms with Crippen LogP contribution < -0.4 is 5.32 Å². The maximum Gasteiger partial charge on any atom is 0.307 e. The first-order chi connectivity index (χ1) is 9.06. The van der Waals surface area contributed by atoms with Gasteiger partial charge in [-0.15, -0.1) is 0 Å². The molecule has 2 rings (SSSR count). The van der Waals surface area contributed by atoms with E-state index in [-0.39, 0.29) is 18.1 Å². The Balaban J connectivity index is 1.87. The molecule has 0 aromatic carbocycles. The van der Waals surface area contributed by atoms with E-state index >= 15 is 0 Å². The van der Waals surface area contributed by atoms with Gasteiger partial charge in [0.25, 0.3) is 0 Å². The van der Waals surface area contributed by atoms with Crippen LogP contribution in [0.25, 0.3) is 0 Å². The Morgan fingerprint density at radius 1 is 1.53 bits per heavy atom. The van der Waals surface area contributed by atoms with Crippen molar-refractivity contribution in [3.63, 3.8) is 0 Å². The zero-order chi connectivity index (χ0) is 13.8. The molecule has 1 amide bonds. The summed E-state index contributed by atoms with van der Waals surface area (Å²) in [6, 6.07) is 1.79. The average molecular weight is 264 g/mol. The summed E-state index contributed by atoms with van der Waals surface area (Å²) in [4.78, 5) is 21.5. The highest BCUT2D eigenvalue weighted by Crippen LogP contribution is 2.07. The minimum absolute atomic E-state index is 0.0638. The minimum Gasteiger partial charge on any atom is -0.349 e. The molecular formula is C10H12N6O3. The van der Waals surface area contributed by atoms with E-state index in [1.165, 1.54) is 10.9 Å². The molecule has 9 nitrogen and oxygen atoms in total. The summed E-state index contributed by atoms with van der Waals surface area (Å²) in [6.45, 7) is 0.282. The van der Waals surface area contributed by atoms with Crippen LogP contribution in [0.2, 0.25) is 0 Å². The van der Waals surface area contributed by atoms with Crippen LogP contribution in [0.5, 0.6) is 0 Å². The van der Waals surface area contributed by atoms with Crippen molar-refractivity contribution < 1.29 is 9.72 Å². The van der Waals surface area contributed by atoms with E-state index in [9.17, 15) is 14.9 Å². The first kappa shape index (κ1) is 12.7. The first-order valence-corrected chi connectivity index (χ1v) is 5.46. The number of nitro groups is 1. The predicted octanol–water partition coefficient (Wildman–Crippen LogP) is -0.159. The summed E-state index contributed by atoms with van der Waals surface area (Å²) in [5.41, 5.74) is 0.722. The van der Waals surface area contributed by atoms with Crippen LogP contribution in [0, 0.1) is 10.1 Å². The fourth-order valence-corrected chi connectivity index (χ4v) is 1.50. The second-order valence-electron chi connectivity index (χ2n) is 3.88. The molecule has 2 aromatic rings. The van der Waals surface area contributed by atoms with Crippen molar-refractivity contribution in [1.82, 2.24) is 24.9 Å². The molecule has 2 aromatic heterocycles. The summed E-state index contributed by atoms with van der Waals surface area (Å²) in [5.74, 6) is -0.279. The smallest absolute Gasteiger partial charge is 0.307 e. The molecule has 0 aliphatic heterocycles. The van der Waals surface area contributed by atoms with Crippen LogP contribution in [0.4, 0.5) is 5.69 Å². The number of amides is 1. The van der Waals surface area contributed by atoms with Crippen LogP contribution in [-0.4, -0.2) is 30.4 Å². The monoisotopic (exact) mass is 264 g/mol. The normalized spacial score (nSPS) is 10.4. The summed E-state index contributed by atoms with van der Waals surface area (Å²) >= 11 is 0. The molecule has 0 unspecified atom stereocenters. The molecule has 2 heterocycles. The number of aryl methyl sites for hydroxylation is 1. The lowest BCUT2D eigenvalue weighted by Crippen LogP contribution is -2.28. The number of hydrogen-bond donors (Lipinski definition) is 1. The third kappa shape index (κ3) is 3.15. The molecule has 0 saturated heterocycles. The summed E-state index contributed by atoms with van der Waals surface area (Å²) in [6.07, 6.45) is 3.95. The Morgan fingerprint density at radius 3 is 2.89 bits per heavy atom. The van der Waals surface area contributed by atoms with Gasteiger partial charge in [-0.1, -0.05) is 0 Å². The zero-order valence-corrected chi connectivity index (χ0v) is 10.2. The van der Waals surface area contributed by atoms with E-state index in [1.807, 2.05) is 0 Å². The minimum atomic E-state index is -0.558. The third-order valence-electron chi connectivity index (χ3n) is 2.53. The molecule has 0 spiro atoms. The van der Waals surface area contributed by atoms with Crippen LogP contribution in [0.3, 0.4) is 0 Å². The quantitative estimate of drug-likeness (QED) is 0.596. The molecule has 0 saturated carbocycles. The van der Waals surface area contributed by atoms with Gasteiger partial charge in [-0.05, 0) is 6.07 Å². The number of hydrogen-bond acceptors (Lipinski definition) is 5. The molecule has 1 N–H and O–H groups in total. The predicted molar refractivity (Wildman–Crippen MR) is 63.9 cm³/mol. The average Bonchev–Trinajstić information content (AvgIpc) is 2.96. The fourth-order valence-electron chi connectivity index (χ4n) is 1.50. The second-order valence-corrected chi connectivity index (χ2v) is 3.88. The largest absolute Gasteiger partial charge is 0.349 e. The van der Waals surface area contributed by atoms with Gasteiger partial charge in [0.2, 0.25) is 5.91 Å². The van der Waals surface area contributed by atoms with Crippen LogP contribution in [-0.2, 0) is 24.9 Å². The maximum atomic E-state index is 11.6. The second kappa shape index (κ2) is 5.29. The van der Waals surface area contributed by atoms with E-state index in [2.05, 4.69) is 15.5 Å². The molecule has 0 atom stereocenters. The third-order valence-corrected chi connectivity index (χ3v) is 2.53. The molecule has 0 radical (unpaired) electrons. The zero-order valence-electron chi connectivity index (χ0n) is 10.2. The number of carbonyl (C=O) groups excluding carboxylic acids is 1. The van der Waals surface area contributed by atoms with Gasteiger partial charge < -0.3 is 5.32 Å². The van der Waals surface area contributed by atoms with Crippen molar-refractivity contribution in [2.24, 2.45) is 7.05 Å². The Hall–Kier alpha value is -2.71. The van der Waals surface area contributed by atoms with Crippen molar-refractivity contribution >= 4 is 11.6 Å². The van der Waals surface area contributed by atoms with Crippen molar-refractivity contribution in [2.75, 3.05) is 0 Å². The Kier molecular flexibility index (Phi) is 3.55. The van der Waals surface area contributed by atoms with Crippen molar-refractivity contribution in [1.29, 1.82) is 0 Å². The first-order valence-electron chi connectivity index (χ1n) is 5.46. The molecular weight excluding hydrogens is 252 g/mol. The van der Waals surface area contributed by atoms with Gasteiger partial charge in [-0.3, -0.25) is 24.3 Å². The van der Waals surface area contributed by atoms with Gasteiger partial charge >= 0.3 is 5.69 Å². The van der Waals surface area contributed by atoms with Crippen LogP contribution in [0.1, 0.15) is 5.69 Å². The van der Waals surface area contributed by atoms with Gasteiger partial charge in [0.1, 0.15) is 18.9 Å². The SMILES string of the molecule is Cn1nccc1CNC(=O)Cn1cc([N+](=O)[O-])cn1. The van der Waals surface area contributed by atoms with Crippen LogP contribution in [0.15, 0.2) is 24.7 Å². The highest BCUT2D eigenvalue weighted by molar-refractivity contribution is 5.75. The summed E-state index contributed by atoms with van der Waals surface area (Å²) in [7, 11) is 1.78. The maximum absolute atomic E-state index is 11.6. The standard InChI is InChI=1S/C10H12N6O3/c1-14-8(2-3-12-14)4-11-10(17)7-15-6-9(5-13-15)16(18)19/h2-3,5-6H,4,7H2,1H3,(H,11,17). The van der Waals surface area contributed by atoms with Crippen molar-refractivity contribution in [2.45, 2.75) is 13.1 Å². The summed E-state index contributed by atoms with van der Waals surface area (Å²) in [5, 5.41) is 20.9. The Labute approximate surface area is 108 Å². The number of aromatic nitrogens is 4. The number of rotatable bonds is 5. The van der Waals surface area contributed by atoms with Gasteiger partial charge in [0.15, 0.2) is 0 Å².